The summed E-state index contributed by atoms with van der Waals surface area (Å²) < 4.78 is 0. The molecule has 0 unspecified atom stereocenters. The van der Waals surface area contributed by atoms with Gasteiger partial charge in [0.1, 0.15) is 0 Å². The topological polar surface area (TPSA) is 0 Å². The minimum Gasteiger partial charge on any atom is -0.0727 e. The molecule has 56 valence electrons. The van der Waals surface area contributed by atoms with Gasteiger partial charge < -0.3 is 0 Å². The second kappa shape index (κ2) is 3.05. The van der Waals surface area contributed by atoms with E-state index in [4.69, 9.17) is 0 Å². The van der Waals surface area contributed by atoms with Gasteiger partial charge in [0, 0.05) is 0 Å². The summed E-state index contributed by atoms with van der Waals surface area (Å²) in [5.41, 5.74) is 4.69. The molecule has 1 aliphatic carbocycles. The Morgan fingerprint density at radius 1 is 1.50 bits per heavy atom. The molecule has 0 aromatic rings. The Morgan fingerprint density at radius 3 is 2.60 bits per heavy atom. The first-order chi connectivity index (χ1) is 4.74. The van der Waals surface area contributed by atoms with Crippen LogP contribution in [0.5, 0.6) is 0 Å². The van der Waals surface area contributed by atoms with Crippen molar-refractivity contribution in [2.24, 2.45) is 0 Å². The van der Waals surface area contributed by atoms with Crippen molar-refractivity contribution in [3.8, 4) is 0 Å². The van der Waals surface area contributed by atoms with E-state index in [-0.39, 0.29) is 0 Å². The van der Waals surface area contributed by atoms with Crippen LogP contribution in [-0.2, 0) is 0 Å². The molecule has 1 aliphatic rings. The molecule has 0 nitrogen and oxygen atoms in total. The van der Waals surface area contributed by atoms with Gasteiger partial charge in [0.2, 0.25) is 0 Å². The van der Waals surface area contributed by atoms with Gasteiger partial charge in [-0.25, -0.2) is 0 Å². The van der Waals surface area contributed by atoms with Crippen LogP contribution in [0.2, 0.25) is 0 Å². The average Bonchev–Trinajstić information content (AvgIpc) is 2.34. The lowest BCUT2D eigenvalue weighted by molar-refractivity contribution is 0.968. The maximum atomic E-state index is 2.35. The lowest BCUT2D eigenvalue weighted by Gasteiger charge is -1.98. The van der Waals surface area contributed by atoms with Gasteiger partial charge >= 0.3 is 0 Å². The van der Waals surface area contributed by atoms with E-state index >= 15 is 0 Å². The molecule has 0 N–H and O–H groups in total. The molecule has 0 atom stereocenters. The molecule has 0 amide bonds. The SMILES string of the molecule is CC/C(C)=C1/C=C(C)CC1. The van der Waals surface area contributed by atoms with Gasteiger partial charge in [-0.3, -0.25) is 0 Å². The number of allylic oxidation sites excluding steroid dienone is 4. The molecule has 10 heavy (non-hydrogen) atoms. The van der Waals surface area contributed by atoms with Gasteiger partial charge in [-0.05, 0) is 38.7 Å². The van der Waals surface area contributed by atoms with E-state index in [2.05, 4.69) is 26.8 Å². The van der Waals surface area contributed by atoms with Crippen molar-refractivity contribution in [3.05, 3.63) is 22.8 Å². The number of rotatable bonds is 1. The molecule has 0 heteroatoms. The summed E-state index contributed by atoms with van der Waals surface area (Å²) in [4.78, 5) is 0. The van der Waals surface area contributed by atoms with Crippen molar-refractivity contribution in [1.29, 1.82) is 0 Å². The van der Waals surface area contributed by atoms with Crippen LogP contribution < -0.4 is 0 Å². The molecule has 1 rings (SSSR count). The lowest BCUT2D eigenvalue weighted by Crippen LogP contribution is -1.78. The highest BCUT2D eigenvalue weighted by Crippen LogP contribution is 2.26. The first-order valence-electron chi connectivity index (χ1n) is 4.10. The zero-order chi connectivity index (χ0) is 7.56. The summed E-state index contributed by atoms with van der Waals surface area (Å²) in [7, 11) is 0. The Hall–Kier alpha value is -0.520. The molecular weight excluding hydrogens is 120 g/mol. The molecule has 0 heterocycles. The van der Waals surface area contributed by atoms with Gasteiger partial charge in [-0.15, -0.1) is 0 Å². The van der Waals surface area contributed by atoms with Crippen LogP contribution in [0.1, 0.15) is 40.0 Å². The summed E-state index contributed by atoms with van der Waals surface area (Å²) in [5.74, 6) is 0. The van der Waals surface area contributed by atoms with Crippen LogP contribution in [0.15, 0.2) is 22.8 Å². The fourth-order valence-corrected chi connectivity index (χ4v) is 1.34. The van der Waals surface area contributed by atoms with Gasteiger partial charge in [-0.1, -0.05) is 24.1 Å². The van der Waals surface area contributed by atoms with Crippen molar-refractivity contribution in [2.75, 3.05) is 0 Å². The van der Waals surface area contributed by atoms with Crippen molar-refractivity contribution in [1.82, 2.24) is 0 Å². The maximum absolute atomic E-state index is 2.35. The third-order valence-corrected chi connectivity index (χ3v) is 2.29. The van der Waals surface area contributed by atoms with Crippen LogP contribution >= 0.6 is 0 Å². The maximum Gasteiger partial charge on any atom is -0.0242 e. The van der Waals surface area contributed by atoms with Gasteiger partial charge in [-0.2, -0.15) is 0 Å². The third kappa shape index (κ3) is 1.50. The van der Waals surface area contributed by atoms with Gasteiger partial charge in [0.15, 0.2) is 0 Å². The summed E-state index contributed by atoms with van der Waals surface area (Å²) in [6.07, 6.45) is 6.12. The first-order valence-corrected chi connectivity index (χ1v) is 4.10. The van der Waals surface area contributed by atoms with Crippen LogP contribution in [0.25, 0.3) is 0 Å². The second-order valence-electron chi connectivity index (χ2n) is 3.15. The van der Waals surface area contributed by atoms with E-state index in [1.54, 1.807) is 16.7 Å². The Bertz CT molecular complexity index is 182. The molecule has 0 saturated carbocycles. The standard InChI is InChI=1S/C10H16/c1-4-9(3)10-6-5-8(2)7-10/h7H,4-6H2,1-3H3/b10-9+. The van der Waals surface area contributed by atoms with E-state index in [1.165, 1.54) is 19.3 Å². The largest absolute Gasteiger partial charge is 0.0727 e. The van der Waals surface area contributed by atoms with Gasteiger partial charge in [0.25, 0.3) is 0 Å². The molecule has 0 fully saturated rings. The van der Waals surface area contributed by atoms with Crippen molar-refractivity contribution in [2.45, 2.75) is 40.0 Å². The van der Waals surface area contributed by atoms with Crippen LogP contribution in [0, 0.1) is 0 Å². The van der Waals surface area contributed by atoms with Crippen molar-refractivity contribution < 1.29 is 0 Å². The fraction of sp³-hybridized carbons (Fsp3) is 0.600. The first kappa shape index (κ1) is 7.59. The average molecular weight is 136 g/mol. The highest BCUT2D eigenvalue weighted by Gasteiger charge is 2.06. The molecular formula is C10H16. The molecule has 0 spiro atoms. The van der Waals surface area contributed by atoms with E-state index in [0.29, 0.717) is 0 Å². The number of hydrogen-bond acceptors (Lipinski definition) is 0. The fourth-order valence-electron chi connectivity index (χ4n) is 1.34. The molecule has 0 bridgehead atoms. The monoisotopic (exact) mass is 136 g/mol. The molecule has 0 saturated heterocycles. The van der Waals surface area contributed by atoms with Crippen LogP contribution in [0.4, 0.5) is 0 Å². The summed E-state index contributed by atoms with van der Waals surface area (Å²) >= 11 is 0. The second-order valence-corrected chi connectivity index (χ2v) is 3.15. The molecule has 0 aliphatic heterocycles. The molecule has 0 aromatic heterocycles. The minimum absolute atomic E-state index is 1.21. The van der Waals surface area contributed by atoms with Crippen molar-refractivity contribution >= 4 is 0 Å². The normalized spacial score (nSPS) is 22.9. The van der Waals surface area contributed by atoms with Crippen molar-refractivity contribution in [3.63, 3.8) is 0 Å². The van der Waals surface area contributed by atoms with E-state index in [9.17, 15) is 0 Å². The Balaban J connectivity index is 2.76. The highest BCUT2D eigenvalue weighted by molar-refractivity contribution is 5.33. The highest BCUT2D eigenvalue weighted by atomic mass is 14.1. The predicted molar refractivity (Wildman–Crippen MR) is 46.0 cm³/mol. The summed E-state index contributed by atoms with van der Waals surface area (Å²) in [6.45, 7) is 6.68. The quantitative estimate of drug-likeness (QED) is 0.518. The number of hydrogen-bond donors (Lipinski definition) is 0. The van der Waals surface area contributed by atoms with Gasteiger partial charge in [0.05, 0.1) is 0 Å². The third-order valence-electron chi connectivity index (χ3n) is 2.29. The Morgan fingerprint density at radius 2 is 2.20 bits per heavy atom. The molecule has 0 aromatic carbocycles. The zero-order valence-corrected chi connectivity index (χ0v) is 7.20. The lowest BCUT2D eigenvalue weighted by atomic mass is 10.1. The predicted octanol–water partition coefficient (Wildman–Crippen LogP) is 3.45. The minimum atomic E-state index is 1.21. The Labute approximate surface area is 63.6 Å². The zero-order valence-electron chi connectivity index (χ0n) is 7.20. The Kier molecular flexibility index (Phi) is 2.31. The molecule has 0 radical (unpaired) electrons. The summed E-state index contributed by atoms with van der Waals surface area (Å²) in [6, 6.07) is 0. The smallest absolute Gasteiger partial charge is 0.0242 e. The van der Waals surface area contributed by atoms with E-state index in [0.717, 1.165) is 0 Å². The van der Waals surface area contributed by atoms with Crippen LogP contribution in [0.3, 0.4) is 0 Å². The van der Waals surface area contributed by atoms with E-state index in [1.807, 2.05) is 0 Å². The van der Waals surface area contributed by atoms with Crippen LogP contribution in [-0.4, -0.2) is 0 Å². The summed E-state index contributed by atoms with van der Waals surface area (Å²) in [5, 5.41) is 0. The van der Waals surface area contributed by atoms with E-state index < -0.39 is 0 Å².